The van der Waals surface area contributed by atoms with E-state index in [4.69, 9.17) is 14.2 Å². The molecule has 0 bridgehead atoms. The highest BCUT2D eigenvalue weighted by Crippen LogP contribution is 2.43. The molecule has 0 aromatic heterocycles. The van der Waals surface area contributed by atoms with E-state index >= 15 is 0 Å². The van der Waals surface area contributed by atoms with Gasteiger partial charge in [-0.3, -0.25) is 0 Å². The van der Waals surface area contributed by atoms with E-state index in [-0.39, 0.29) is 5.57 Å². The minimum absolute atomic E-state index is 0.238. The van der Waals surface area contributed by atoms with Crippen molar-refractivity contribution in [3.8, 4) is 5.75 Å². The molecule has 1 N–H and O–H groups in total. The minimum atomic E-state index is -0.988. The maximum absolute atomic E-state index is 12.4. The molecule has 0 saturated heterocycles. The number of fused-ring (bicyclic) bond motifs is 1. The quantitative estimate of drug-likeness (QED) is 0.547. The van der Waals surface area contributed by atoms with Crippen LogP contribution in [0.3, 0.4) is 0 Å². The predicted octanol–water partition coefficient (Wildman–Crippen LogP) is 6.06. The van der Waals surface area contributed by atoms with Crippen molar-refractivity contribution in [1.82, 2.24) is 0 Å². The van der Waals surface area contributed by atoms with Gasteiger partial charge in [0.2, 0.25) is 6.29 Å². The summed E-state index contributed by atoms with van der Waals surface area (Å²) in [7, 11) is 0. The zero-order chi connectivity index (χ0) is 22.7. The summed E-state index contributed by atoms with van der Waals surface area (Å²) in [6.07, 6.45) is 3.28. The maximum Gasteiger partial charge on any atom is 0.336 e. The van der Waals surface area contributed by atoms with E-state index < -0.39 is 18.4 Å². The third kappa shape index (κ3) is 4.52. The second kappa shape index (κ2) is 9.51. The number of aliphatic carboxylic acids is 1. The number of rotatable bonds is 8. The fraction of sp³-hybridized carbons (Fsp3) is 0.370. The first-order chi connectivity index (χ1) is 15.5. The van der Waals surface area contributed by atoms with Crippen LogP contribution in [0.15, 0.2) is 66.1 Å². The summed E-state index contributed by atoms with van der Waals surface area (Å²) in [6, 6.07) is 16.0. The predicted molar refractivity (Wildman–Crippen MR) is 123 cm³/mol. The number of ether oxygens (including phenoxy) is 3. The topological polar surface area (TPSA) is 65.0 Å². The number of allylic oxidation sites excluding steroid dienone is 1. The Morgan fingerprint density at radius 2 is 1.88 bits per heavy atom. The van der Waals surface area contributed by atoms with Gasteiger partial charge in [-0.05, 0) is 47.6 Å². The van der Waals surface area contributed by atoms with Crippen LogP contribution in [0, 0.1) is 0 Å². The van der Waals surface area contributed by atoms with Crippen LogP contribution >= 0.6 is 0 Å². The lowest BCUT2D eigenvalue weighted by Crippen LogP contribution is -2.32. The summed E-state index contributed by atoms with van der Waals surface area (Å²) in [4.78, 5) is 12.4. The lowest BCUT2D eigenvalue weighted by atomic mass is 9.86. The molecule has 2 atom stereocenters. The van der Waals surface area contributed by atoms with Gasteiger partial charge in [0.15, 0.2) is 11.9 Å². The lowest BCUT2D eigenvalue weighted by Gasteiger charge is -2.30. The molecule has 0 spiro atoms. The highest BCUT2D eigenvalue weighted by Gasteiger charge is 2.39. The van der Waals surface area contributed by atoms with Gasteiger partial charge in [0, 0.05) is 12.0 Å². The average molecular weight is 435 g/mol. The number of carboxylic acids is 1. The molecule has 5 heteroatoms. The fourth-order valence-corrected chi connectivity index (χ4v) is 4.17. The van der Waals surface area contributed by atoms with Crippen molar-refractivity contribution in [2.24, 2.45) is 0 Å². The summed E-state index contributed by atoms with van der Waals surface area (Å²) in [5.74, 6) is 0.437. The van der Waals surface area contributed by atoms with Gasteiger partial charge in [-0.2, -0.15) is 0 Å². The van der Waals surface area contributed by atoms with Crippen molar-refractivity contribution in [2.45, 2.75) is 64.8 Å². The molecule has 168 valence electrons. The smallest absolute Gasteiger partial charge is 0.336 e. The van der Waals surface area contributed by atoms with Crippen LogP contribution in [0.5, 0.6) is 5.75 Å². The molecule has 2 aromatic rings. The van der Waals surface area contributed by atoms with Crippen molar-refractivity contribution < 1.29 is 24.1 Å². The van der Waals surface area contributed by atoms with Gasteiger partial charge in [-0.25, -0.2) is 4.79 Å². The molecule has 0 amide bonds. The van der Waals surface area contributed by atoms with Crippen molar-refractivity contribution in [1.29, 1.82) is 0 Å². The number of benzene rings is 2. The Kier molecular flexibility index (Phi) is 6.54. The summed E-state index contributed by atoms with van der Waals surface area (Å²) in [5, 5.41) is 10.2. The van der Waals surface area contributed by atoms with Crippen molar-refractivity contribution in [3.05, 3.63) is 82.8 Å². The highest BCUT2D eigenvalue weighted by atomic mass is 16.7. The van der Waals surface area contributed by atoms with Crippen LogP contribution in [0.2, 0.25) is 0 Å². The van der Waals surface area contributed by atoms with Gasteiger partial charge < -0.3 is 19.3 Å². The summed E-state index contributed by atoms with van der Waals surface area (Å²) >= 11 is 0. The van der Waals surface area contributed by atoms with Gasteiger partial charge in [0.25, 0.3) is 0 Å². The molecule has 2 heterocycles. The van der Waals surface area contributed by atoms with E-state index in [1.807, 2.05) is 42.5 Å². The third-order valence-electron chi connectivity index (χ3n) is 5.95. The maximum atomic E-state index is 12.4. The molecular weight excluding hydrogens is 404 g/mol. The fourth-order valence-electron chi connectivity index (χ4n) is 4.17. The van der Waals surface area contributed by atoms with Crippen LogP contribution in [0.25, 0.3) is 5.57 Å². The number of hydrogen-bond donors (Lipinski definition) is 1. The van der Waals surface area contributed by atoms with Crippen LogP contribution < -0.4 is 4.74 Å². The van der Waals surface area contributed by atoms with E-state index in [9.17, 15) is 9.90 Å². The molecule has 0 fully saturated rings. The number of hydrogen-bond acceptors (Lipinski definition) is 4. The Bertz CT molecular complexity index is 1040. The second-order valence-electron chi connectivity index (χ2n) is 8.60. The zero-order valence-electron chi connectivity index (χ0n) is 18.8. The Morgan fingerprint density at radius 1 is 1.09 bits per heavy atom. The van der Waals surface area contributed by atoms with Gasteiger partial charge in [0.1, 0.15) is 12.0 Å². The number of unbranched alkanes of at least 4 members (excludes halogenated alkanes) is 1. The molecular formula is C27H30O5. The normalized spacial score (nSPS) is 19.7. The lowest BCUT2D eigenvalue weighted by molar-refractivity contribution is -0.133. The number of carboxylic acid groups (broad SMARTS) is 1. The first kappa shape index (κ1) is 22.0. The van der Waals surface area contributed by atoms with Crippen LogP contribution in [0.1, 0.15) is 62.6 Å². The molecule has 2 unspecified atom stereocenters. The highest BCUT2D eigenvalue weighted by molar-refractivity contribution is 6.00. The number of carbonyl (C=O) groups is 1. The van der Waals surface area contributed by atoms with Gasteiger partial charge in [0.05, 0.1) is 5.57 Å². The van der Waals surface area contributed by atoms with Crippen LogP contribution in [-0.4, -0.2) is 23.5 Å². The molecule has 5 nitrogen and oxygen atoms in total. The first-order valence-electron chi connectivity index (χ1n) is 11.3. The molecule has 2 aromatic carbocycles. The third-order valence-corrected chi connectivity index (χ3v) is 5.95. The van der Waals surface area contributed by atoms with E-state index in [0.717, 1.165) is 35.1 Å². The largest absolute Gasteiger partial charge is 0.478 e. The zero-order valence-corrected chi connectivity index (χ0v) is 18.8. The Morgan fingerprint density at radius 3 is 2.56 bits per heavy atom. The first-order valence-corrected chi connectivity index (χ1v) is 11.3. The standard InChI is InChI=1S/C27H30O5/c1-4-5-11-20-21-15-19(17(2)3)12-13-22(21)32-26(25(20)27(28)29)23-16-30-24(31-23)14-18-9-7-6-8-10-18/h6-10,12-13,15-17,24,26H,4-5,11,14H2,1-3H3,(H,28,29). The molecule has 2 aliphatic heterocycles. The molecule has 2 aliphatic rings. The van der Waals surface area contributed by atoms with Crippen LogP contribution in [-0.2, 0) is 20.7 Å². The van der Waals surface area contributed by atoms with Gasteiger partial charge in [-0.1, -0.05) is 63.6 Å². The van der Waals surface area contributed by atoms with E-state index in [1.165, 1.54) is 6.26 Å². The van der Waals surface area contributed by atoms with E-state index in [2.05, 4.69) is 26.8 Å². The summed E-state index contributed by atoms with van der Waals surface area (Å²) in [5.41, 5.74) is 4.18. The molecule has 0 radical (unpaired) electrons. The Hall–Kier alpha value is -3.21. The molecule has 32 heavy (non-hydrogen) atoms. The van der Waals surface area contributed by atoms with Crippen molar-refractivity contribution in [2.75, 3.05) is 0 Å². The van der Waals surface area contributed by atoms with Gasteiger partial charge in [-0.15, -0.1) is 0 Å². The van der Waals surface area contributed by atoms with E-state index in [0.29, 0.717) is 30.3 Å². The van der Waals surface area contributed by atoms with Crippen molar-refractivity contribution in [3.63, 3.8) is 0 Å². The van der Waals surface area contributed by atoms with Gasteiger partial charge >= 0.3 is 5.97 Å². The molecule has 0 saturated carbocycles. The monoisotopic (exact) mass is 434 g/mol. The van der Waals surface area contributed by atoms with Crippen LogP contribution in [0.4, 0.5) is 0 Å². The van der Waals surface area contributed by atoms with Crippen molar-refractivity contribution >= 4 is 11.5 Å². The minimum Gasteiger partial charge on any atom is -0.478 e. The average Bonchev–Trinajstić information content (AvgIpc) is 3.25. The summed E-state index contributed by atoms with van der Waals surface area (Å²) in [6.45, 7) is 6.36. The Labute approximate surface area is 189 Å². The second-order valence-corrected chi connectivity index (χ2v) is 8.60. The van der Waals surface area contributed by atoms with E-state index in [1.54, 1.807) is 0 Å². The Balaban J connectivity index is 1.66. The molecule has 4 rings (SSSR count). The summed E-state index contributed by atoms with van der Waals surface area (Å²) < 4.78 is 18.0. The molecule has 0 aliphatic carbocycles. The SMILES string of the molecule is CCCCC1=C(C(=O)O)C(C2=COC(Cc3ccccc3)O2)Oc2ccc(C(C)C)cc21.